The summed E-state index contributed by atoms with van der Waals surface area (Å²) in [5, 5.41) is 16.8. The molecule has 2 N–H and O–H groups in total. The van der Waals surface area contributed by atoms with Crippen molar-refractivity contribution in [1.29, 1.82) is 0 Å². The first kappa shape index (κ1) is 18.4. The van der Waals surface area contributed by atoms with Crippen molar-refractivity contribution in [2.75, 3.05) is 0 Å². The fourth-order valence-corrected chi connectivity index (χ4v) is 3.08. The Balaban J connectivity index is 2.02. The molecule has 0 unspecified atom stereocenters. The van der Waals surface area contributed by atoms with Crippen LogP contribution in [0.4, 0.5) is 0 Å². The van der Waals surface area contributed by atoms with Crippen molar-refractivity contribution < 1.29 is 19.2 Å². The fraction of sp³-hybridized carbons (Fsp3) is 0.579. The molecule has 0 spiro atoms. The number of carboxylic acid groups (broad SMARTS) is 1. The third-order valence-electron chi connectivity index (χ3n) is 4.59. The number of rotatable bonds is 7. The molecule has 0 saturated heterocycles. The van der Waals surface area contributed by atoms with Gasteiger partial charge in [-0.25, -0.2) is 9.78 Å². The predicted octanol–water partition coefficient (Wildman–Crippen LogP) is 3.45. The Hall–Kier alpha value is -2.44. The molecule has 7 nitrogen and oxygen atoms in total. The summed E-state index contributed by atoms with van der Waals surface area (Å²) in [5.74, 6) is -0.906. The number of nitrogens with one attached hydrogen (secondary N) is 1. The van der Waals surface area contributed by atoms with Crippen molar-refractivity contribution in [2.24, 2.45) is 5.92 Å². The van der Waals surface area contributed by atoms with Gasteiger partial charge in [-0.2, -0.15) is 0 Å². The highest BCUT2D eigenvalue weighted by molar-refractivity contribution is 6.07. The highest BCUT2D eigenvalue weighted by Crippen LogP contribution is 2.41. The first-order chi connectivity index (χ1) is 12.3. The summed E-state index contributed by atoms with van der Waals surface area (Å²) in [4.78, 5) is 29.0. The zero-order chi connectivity index (χ0) is 19.0. The van der Waals surface area contributed by atoms with E-state index in [1.54, 1.807) is 6.07 Å². The first-order valence-corrected chi connectivity index (χ1v) is 9.11. The highest BCUT2D eigenvalue weighted by atomic mass is 16.5. The number of carbonyl (C=O) groups is 2. The number of aliphatic carboxylic acids is 1. The second-order valence-electron chi connectivity index (χ2n) is 7.77. The van der Waals surface area contributed by atoms with Crippen LogP contribution in [0.15, 0.2) is 10.6 Å². The Morgan fingerprint density at radius 1 is 1.31 bits per heavy atom. The topological polar surface area (TPSA) is 105 Å². The van der Waals surface area contributed by atoms with Gasteiger partial charge in [0.05, 0.1) is 16.6 Å². The van der Waals surface area contributed by atoms with Gasteiger partial charge in [-0.1, -0.05) is 32.9 Å². The van der Waals surface area contributed by atoms with Crippen molar-refractivity contribution in [3.8, 4) is 0 Å². The van der Waals surface area contributed by atoms with E-state index in [1.807, 2.05) is 27.7 Å². The van der Waals surface area contributed by atoms with E-state index in [9.17, 15) is 14.7 Å². The molecular weight excluding hydrogens is 334 g/mol. The fourth-order valence-electron chi connectivity index (χ4n) is 3.08. The lowest BCUT2D eigenvalue weighted by Gasteiger charge is -2.17. The summed E-state index contributed by atoms with van der Waals surface area (Å²) < 4.78 is 5.38. The second kappa shape index (κ2) is 7.05. The van der Waals surface area contributed by atoms with Crippen LogP contribution in [0, 0.1) is 5.92 Å². The van der Waals surface area contributed by atoms with Crippen molar-refractivity contribution in [3.63, 3.8) is 0 Å². The van der Waals surface area contributed by atoms with Gasteiger partial charge in [0.1, 0.15) is 6.04 Å². The predicted molar refractivity (Wildman–Crippen MR) is 96.2 cm³/mol. The van der Waals surface area contributed by atoms with Gasteiger partial charge in [0, 0.05) is 11.6 Å². The quantitative estimate of drug-likeness (QED) is 0.784. The molecular formula is C19H25N3O4. The lowest BCUT2D eigenvalue weighted by atomic mass is 10.00. The molecule has 140 valence electrons. The monoisotopic (exact) mass is 359 g/mol. The molecule has 2 aromatic heterocycles. The molecule has 26 heavy (non-hydrogen) atoms. The number of hydrogen-bond acceptors (Lipinski definition) is 5. The van der Waals surface area contributed by atoms with Gasteiger partial charge in [0.25, 0.3) is 11.6 Å². The maximum absolute atomic E-state index is 13.0. The van der Waals surface area contributed by atoms with Crippen molar-refractivity contribution in [1.82, 2.24) is 15.5 Å². The molecule has 0 radical (unpaired) electrons. The van der Waals surface area contributed by atoms with Crippen LogP contribution in [-0.2, 0) is 4.79 Å². The van der Waals surface area contributed by atoms with Gasteiger partial charge in [-0.15, -0.1) is 0 Å². The minimum absolute atomic E-state index is 0.0577. The van der Waals surface area contributed by atoms with Gasteiger partial charge >= 0.3 is 5.97 Å². The summed E-state index contributed by atoms with van der Waals surface area (Å²) in [6.07, 6.45) is 2.44. The van der Waals surface area contributed by atoms with E-state index in [-0.39, 0.29) is 11.8 Å². The zero-order valence-electron chi connectivity index (χ0n) is 15.6. The summed E-state index contributed by atoms with van der Waals surface area (Å²) in [5.41, 5.74) is 2.22. The van der Waals surface area contributed by atoms with Crippen LogP contribution < -0.4 is 5.32 Å². The van der Waals surface area contributed by atoms with Crippen LogP contribution in [0.5, 0.6) is 0 Å². The largest absolute Gasteiger partial charge is 0.480 e. The number of hydrogen-bond donors (Lipinski definition) is 2. The average Bonchev–Trinajstić information content (AvgIpc) is 3.31. The van der Waals surface area contributed by atoms with Crippen LogP contribution in [-0.4, -0.2) is 33.2 Å². The SMILES string of the molecule is CC(C)C[C@@H](NC(=O)c1cc(C2CC2)nc2onc(C(C)C)c12)C(=O)O. The highest BCUT2D eigenvalue weighted by Gasteiger charge is 2.30. The van der Waals surface area contributed by atoms with Crippen LogP contribution in [0.3, 0.4) is 0 Å². The maximum atomic E-state index is 13.0. The third-order valence-corrected chi connectivity index (χ3v) is 4.59. The summed E-state index contributed by atoms with van der Waals surface area (Å²) in [6.45, 7) is 7.78. The van der Waals surface area contributed by atoms with Crippen LogP contribution >= 0.6 is 0 Å². The summed E-state index contributed by atoms with van der Waals surface area (Å²) in [6, 6.07) is 0.838. The van der Waals surface area contributed by atoms with E-state index < -0.39 is 17.9 Å². The lowest BCUT2D eigenvalue weighted by molar-refractivity contribution is -0.139. The van der Waals surface area contributed by atoms with Gasteiger partial charge in [-0.3, -0.25) is 4.79 Å². The molecule has 1 amide bonds. The normalized spacial score (nSPS) is 15.6. The van der Waals surface area contributed by atoms with Crippen LogP contribution in [0.2, 0.25) is 0 Å². The molecule has 2 heterocycles. The second-order valence-corrected chi connectivity index (χ2v) is 7.77. The summed E-state index contributed by atoms with van der Waals surface area (Å²) in [7, 11) is 0. The molecule has 1 aliphatic rings. The minimum Gasteiger partial charge on any atom is -0.480 e. The number of fused-ring (bicyclic) bond motifs is 1. The van der Waals surface area contributed by atoms with Crippen molar-refractivity contribution in [2.45, 2.75) is 64.8 Å². The number of carboxylic acids is 1. The van der Waals surface area contributed by atoms with E-state index >= 15 is 0 Å². The number of carbonyl (C=O) groups excluding carboxylic acids is 1. The smallest absolute Gasteiger partial charge is 0.326 e. The number of pyridine rings is 1. The van der Waals surface area contributed by atoms with E-state index in [1.165, 1.54) is 0 Å². The number of aromatic nitrogens is 2. The van der Waals surface area contributed by atoms with Gasteiger partial charge in [0.2, 0.25) is 0 Å². The Labute approximate surface area is 152 Å². The molecule has 1 saturated carbocycles. The van der Waals surface area contributed by atoms with E-state index in [4.69, 9.17) is 4.52 Å². The molecule has 1 atom stereocenters. The molecule has 2 aromatic rings. The standard InChI is InChI=1S/C19H25N3O4/c1-9(2)7-14(19(24)25)20-17(23)12-8-13(11-5-6-11)21-18-15(12)16(10(3)4)22-26-18/h8-11,14H,5-7H2,1-4H3,(H,20,23)(H,24,25)/t14-/m1/s1. The Kier molecular flexibility index (Phi) is 4.98. The number of nitrogens with zero attached hydrogens (tertiary/aromatic N) is 2. The Morgan fingerprint density at radius 3 is 2.54 bits per heavy atom. The van der Waals surface area contributed by atoms with Crippen LogP contribution in [0.25, 0.3) is 11.1 Å². The molecule has 1 fully saturated rings. The molecule has 7 heteroatoms. The molecule has 0 bridgehead atoms. The minimum atomic E-state index is -1.03. The summed E-state index contributed by atoms with van der Waals surface area (Å²) >= 11 is 0. The first-order valence-electron chi connectivity index (χ1n) is 9.11. The van der Waals surface area contributed by atoms with Crippen LogP contribution in [0.1, 0.15) is 80.5 Å². The third kappa shape index (κ3) is 3.71. The van der Waals surface area contributed by atoms with E-state index in [0.717, 1.165) is 18.5 Å². The zero-order valence-corrected chi connectivity index (χ0v) is 15.6. The van der Waals surface area contributed by atoms with E-state index in [0.29, 0.717) is 34.7 Å². The molecule has 0 aromatic carbocycles. The molecule has 3 rings (SSSR count). The van der Waals surface area contributed by atoms with Gasteiger partial charge in [-0.05, 0) is 37.2 Å². The molecule has 1 aliphatic carbocycles. The van der Waals surface area contributed by atoms with Gasteiger partial charge < -0.3 is 14.9 Å². The number of amides is 1. The maximum Gasteiger partial charge on any atom is 0.326 e. The molecule has 0 aliphatic heterocycles. The lowest BCUT2D eigenvalue weighted by Crippen LogP contribution is -2.41. The average molecular weight is 359 g/mol. The van der Waals surface area contributed by atoms with E-state index in [2.05, 4.69) is 15.5 Å². The Bertz CT molecular complexity index is 837. The van der Waals surface area contributed by atoms with Crippen molar-refractivity contribution >= 4 is 23.0 Å². The Morgan fingerprint density at radius 2 is 2.00 bits per heavy atom. The van der Waals surface area contributed by atoms with Crippen molar-refractivity contribution in [3.05, 3.63) is 23.0 Å². The van der Waals surface area contributed by atoms with Gasteiger partial charge in [0.15, 0.2) is 0 Å².